The van der Waals surface area contributed by atoms with Crippen LogP contribution < -0.4 is 4.90 Å². The molecule has 1 N–H and O–H groups in total. The highest BCUT2D eigenvalue weighted by Crippen LogP contribution is 2.26. The first-order valence-corrected chi connectivity index (χ1v) is 6.10. The van der Waals surface area contributed by atoms with Crippen LogP contribution in [0.2, 0.25) is 0 Å². The van der Waals surface area contributed by atoms with Crippen LogP contribution in [0.3, 0.4) is 0 Å². The standard InChI is InChI=1S/C12H17N3O4/c1-9(16)12(2)8-14(5-6-19-12)10-3-4-11(13-7-10)15(17)18/h3-4,7,9,16H,5-6,8H2,1-2H3. The van der Waals surface area contributed by atoms with Gasteiger partial charge in [0.15, 0.2) is 6.20 Å². The maximum Gasteiger partial charge on any atom is 0.363 e. The van der Waals surface area contributed by atoms with Gasteiger partial charge in [-0.3, -0.25) is 0 Å². The molecular weight excluding hydrogens is 250 g/mol. The second-order valence-corrected chi connectivity index (χ2v) is 4.89. The van der Waals surface area contributed by atoms with Crippen molar-refractivity contribution in [3.63, 3.8) is 0 Å². The van der Waals surface area contributed by atoms with Gasteiger partial charge in [-0.05, 0) is 29.8 Å². The normalized spacial score (nSPS) is 25.1. The van der Waals surface area contributed by atoms with Crippen LogP contribution in [0.1, 0.15) is 13.8 Å². The van der Waals surface area contributed by atoms with E-state index >= 15 is 0 Å². The Kier molecular flexibility index (Phi) is 3.68. The molecule has 1 aliphatic heterocycles. The van der Waals surface area contributed by atoms with Gasteiger partial charge in [0.1, 0.15) is 5.60 Å². The van der Waals surface area contributed by atoms with E-state index in [9.17, 15) is 15.2 Å². The lowest BCUT2D eigenvalue weighted by Gasteiger charge is -2.42. The fourth-order valence-electron chi connectivity index (χ4n) is 2.04. The molecule has 0 aromatic carbocycles. The molecule has 2 unspecified atom stereocenters. The minimum atomic E-state index is -0.639. The fraction of sp³-hybridized carbons (Fsp3) is 0.583. The molecule has 104 valence electrons. The van der Waals surface area contributed by atoms with E-state index in [2.05, 4.69) is 4.98 Å². The van der Waals surface area contributed by atoms with Gasteiger partial charge in [-0.1, -0.05) is 0 Å². The number of pyridine rings is 1. The number of hydrogen-bond donors (Lipinski definition) is 1. The predicted molar refractivity (Wildman–Crippen MR) is 69.1 cm³/mol. The molecule has 7 heteroatoms. The van der Waals surface area contributed by atoms with Crippen LogP contribution in [0.25, 0.3) is 0 Å². The third-order valence-electron chi connectivity index (χ3n) is 3.47. The van der Waals surface area contributed by atoms with Gasteiger partial charge in [0, 0.05) is 19.2 Å². The van der Waals surface area contributed by atoms with Crippen LogP contribution in [0.5, 0.6) is 0 Å². The summed E-state index contributed by atoms with van der Waals surface area (Å²) in [5.74, 6) is -0.171. The van der Waals surface area contributed by atoms with Gasteiger partial charge in [-0.25, -0.2) is 0 Å². The monoisotopic (exact) mass is 267 g/mol. The van der Waals surface area contributed by atoms with Gasteiger partial charge >= 0.3 is 5.82 Å². The summed E-state index contributed by atoms with van der Waals surface area (Å²) in [4.78, 5) is 15.8. The summed E-state index contributed by atoms with van der Waals surface area (Å²) in [6.07, 6.45) is 0.882. The number of anilines is 1. The maximum atomic E-state index is 10.6. The van der Waals surface area contributed by atoms with E-state index in [4.69, 9.17) is 4.74 Å². The maximum absolute atomic E-state index is 10.6. The molecular formula is C12H17N3O4. The molecule has 0 aliphatic carbocycles. The van der Waals surface area contributed by atoms with E-state index in [0.717, 1.165) is 5.69 Å². The molecule has 2 heterocycles. The quantitative estimate of drug-likeness (QED) is 0.648. The third-order valence-corrected chi connectivity index (χ3v) is 3.47. The SMILES string of the molecule is CC(O)C1(C)CN(c2ccc([N+](=O)[O-])nc2)CCO1. The zero-order valence-electron chi connectivity index (χ0n) is 10.9. The van der Waals surface area contributed by atoms with Gasteiger partial charge < -0.3 is 24.9 Å². The lowest BCUT2D eigenvalue weighted by Crippen LogP contribution is -2.55. The summed E-state index contributed by atoms with van der Waals surface area (Å²) in [7, 11) is 0. The average Bonchev–Trinajstić information content (AvgIpc) is 2.39. The molecule has 1 aromatic rings. The number of aromatic nitrogens is 1. The van der Waals surface area contributed by atoms with E-state index in [1.165, 1.54) is 12.3 Å². The molecule has 1 fully saturated rings. The van der Waals surface area contributed by atoms with Crippen LogP contribution in [0, 0.1) is 10.1 Å². The summed E-state index contributed by atoms with van der Waals surface area (Å²) in [5, 5.41) is 20.3. The largest absolute Gasteiger partial charge is 0.390 e. The van der Waals surface area contributed by atoms with Crippen molar-refractivity contribution in [2.24, 2.45) is 0 Å². The van der Waals surface area contributed by atoms with Crippen LogP contribution in [0.15, 0.2) is 18.3 Å². The summed E-state index contributed by atoms with van der Waals surface area (Å²) in [6.45, 7) is 5.23. The molecule has 0 saturated carbocycles. The zero-order chi connectivity index (χ0) is 14.0. The van der Waals surface area contributed by atoms with E-state index < -0.39 is 16.6 Å². The molecule has 0 amide bonds. The fourth-order valence-corrected chi connectivity index (χ4v) is 2.04. The topological polar surface area (TPSA) is 88.7 Å². The lowest BCUT2D eigenvalue weighted by atomic mass is 9.97. The van der Waals surface area contributed by atoms with E-state index in [-0.39, 0.29) is 5.82 Å². The number of aliphatic hydroxyl groups excluding tert-OH is 1. The number of hydrogen-bond acceptors (Lipinski definition) is 6. The third kappa shape index (κ3) is 2.82. The lowest BCUT2D eigenvalue weighted by molar-refractivity contribution is -0.389. The molecule has 1 aromatic heterocycles. The van der Waals surface area contributed by atoms with E-state index in [0.29, 0.717) is 19.7 Å². The minimum Gasteiger partial charge on any atom is -0.390 e. The zero-order valence-corrected chi connectivity index (χ0v) is 10.9. The van der Waals surface area contributed by atoms with E-state index in [1.807, 2.05) is 11.8 Å². The number of morpholine rings is 1. The Balaban J connectivity index is 2.15. The molecule has 2 rings (SSSR count). The van der Waals surface area contributed by atoms with Crippen molar-refractivity contribution in [3.8, 4) is 0 Å². The molecule has 1 saturated heterocycles. The Morgan fingerprint density at radius 1 is 1.63 bits per heavy atom. The minimum absolute atomic E-state index is 0.171. The molecule has 7 nitrogen and oxygen atoms in total. The first-order valence-electron chi connectivity index (χ1n) is 6.10. The highest BCUT2D eigenvalue weighted by atomic mass is 16.6. The van der Waals surface area contributed by atoms with Crippen LogP contribution >= 0.6 is 0 Å². The van der Waals surface area contributed by atoms with Gasteiger partial charge in [0.25, 0.3) is 0 Å². The number of nitro groups is 1. The number of rotatable bonds is 3. The van der Waals surface area contributed by atoms with Gasteiger partial charge in [0.05, 0.1) is 18.4 Å². The summed E-state index contributed by atoms with van der Waals surface area (Å²) < 4.78 is 5.62. The predicted octanol–water partition coefficient (Wildman–Crippen LogP) is 0.966. The Morgan fingerprint density at radius 2 is 2.37 bits per heavy atom. The van der Waals surface area contributed by atoms with Crippen LogP contribution in [0.4, 0.5) is 11.5 Å². The second-order valence-electron chi connectivity index (χ2n) is 4.89. The molecule has 19 heavy (non-hydrogen) atoms. The average molecular weight is 267 g/mol. The van der Waals surface area contributed by atoms with Crippen molar-refractivity contribution >= 4 is 11.5 Å². The smallest absolute Gasteiger partial charge is 0.363 e. The van der Waals surface area contributed by atoms with Crippen molar-refractivity contribution in [2.45, 2.75) is 25.6 Å². The van der Waals surface area contributed by atoms with Crippen molar-refractivity contribution < 1.29 is 14.8 Å². The Morgan fingerprint density at radius 3 is 2.89 bits per heavy atom. The van der Waals surface area contributed by atoms with Crippen molar-refractivity contribution in [3.05, 3.63) is 28.4 Å². The summed E-state index contributed by atoms with van der Waals surface area (Å²) in [5.41, 5.74) is 0.154. The van der Waals surface area contributed by atoms with Crippen LogP contribution in [-0.2, 0) is 4.74 Å². The number of aliphatic hydroxyl groups is 1. The molecule has 0 bridgehead atoms. The van der Waals surface area contributed by atoms with E-state index in [1.54, 1.807) is 13.0 Å². The molecule has 0 spiro atoms. The van der Waals surface area contributed by atoms with Gasteiger partial charge in [0.2, 0.25) is 0 Å². The first-order chi connectivity index (χ1) is 8.92. The van der Waals surface area contributed by atoms with Gasteiger partial charge in [-0.2, -0.15) is 0 Å². The second kappa shape index (κ2) is 5.10. The first kappa shape index (κ1) is 13.7. The van der Waals surface area contributed by atoms with Crippen molar-refractivity contribution in [1.82, 2.24) is 4.98 Å². The highest BCUT2D eigenvalue weighted by Gasteiger charge is 2.36. The number of nitrogens with zero attached hydrogens (tertiary/aromatic N) is 3. The molecule has 0 radical (unpaired) electrons. The summed E-state index contributed by atoms with van der Waals surface area (Å²) in [6, 6.07) is 3.05. The Hall–Kier alpha value is -1.73. The number of ether oxygens (including phenoxy) is 1. The molecule has 2 atom stereocenters. The van der Waals surface area contributed by atoms with Gasteiger partial charge in [-0.15, -0.1) is 0 Å². The summed E-state index contributed by atoms with van der Waals surface area (Å²) >= 11 is 0. The molecule has 1 aliphatic rings. The van der Waals surface area contributed by atoms with Crippen LogP contribution in [-0.4, -0.2) is 46.4 Å². The highest BCUT2D eigenvalue weighted by molar-refractivity contribution is 5.47. The van der Waals surface area contributed by atoms with Crippen molar-refractivity contribution in [2.75, 3.05) is 24.6 Å². The Labute approximate surface area is 111 Å². The Bertz CT molecular complexity index is 463. The van der Waals surface area contributed by atoms with Crippen molar-refractivity contribution in [1.29, 1.82) is 0 Å².